The molecule has 3 nitrogen and oxygen atoms in total. The molecule has 0 N–H and O–H groups in total. The molecule has 5 heteroatoms. The van der Waals surface area contributed by atoms with Gasteiger partial charge in [0.2, 0.25) is 10.0 Å². The summed E-state index contributed by atoms with van der Waals surface area (Å²) in [6.45, 7) is 3.04. The van der Waals surface area contributed by atoms with Gasteiger partial charge in [-0.2, -0.15) is 34.6 Å². The summed E-state index contributed by atoms with van der Waals surface area (Å²) in [5.74, 6) is 0. The summed E-state index contributed by atoms with van der Waals surface area (Å²) >= 11 is 0. The van der Waals surface area contributed by atoms with Crippen LogP contribution in [0.4, 0.5) is 0 Å². The van der Waals surface area contributed by atoms with Crippen LogP contribution in [0, 0.1) is 13.5 Å². The second kappa shape index (κ2) is 8.63. The Bertz CT molecular complexity index is 787. The molecule has 2 aromatic carbocycles. The van der Waals surface area contributed by atoms with Crippen LogP contribution in [0.2, 0.25) is 0 Å². The van der Waals surface area contributed by atoms with Crippen LogP contribution in [0.1, 0.15) is 18.9 Å². The minimum absolute atomic E-state index is 0. The smallest absolute Gasteiger partial charge is 0.358 e. The summed E-state index contributed by atoms with van der Waals surface area (Å²) in [5.41, 5.74) is 3.43. The monoisotopic (exact) mass is 383 g/mol. The van der Waals surface area contributed by atoms with Crippen molar-refractivity contribution < 1.29 is 25.5 Å². The summed E-state index contributed by atoms with van der Waals surface area (Å²) in [5, 5.41) is 0. The molecule has 0 saturated carbocycles. The first-order valence-corrected chi connectivity index (χ1v) is 8.73. The fraction of sp³-hybridized carbons (Fsp3) is 0.211. The van der Waals surface area contributed by atoms with E-state index in [1.165, 1.54) is 5.57 Å². The third-order valence-corrected chi connectivity index (χ3v) is 5.89. The van der Waals surface area contributed by atoms with Crippen LogP contribution < -0.4 is 0 Å². The van der Waals surface area contributed by atoms with Crippen LogP contribution in [0.25, 0.3) is 5.57 Å². The number of benzene rings is 2. The van der Waals surface area contributed by atoms with Gasteiger partial charge in [0.15, 0.2) is 0 Å². The fourth-order valence-electron chi connectivity index (χ4n) is 2.71. The number of hydrogen-bond acceptors (Lipinski definition) is 2. The largest absolute Gasteiger partial charge is 2.00 e. The third-order valence-electron chi connectivity index (χ3n) is 4.03. The van der Waals surface area contributed by atoms with E-state index in [1.807, 2.05) is 30.3 Å². The SMILES string of the molecule is CC1=C(c2cc[c-]cc2)CN(S(=O)(=O)c2ccccc2)CC1.[CH3-].[Fe+2]. The van der Waals surface area contributed by atoms with E-state index in [9.17, 15) is 8.42 Å². The second-order valence-corrected chi connectivity index (χ2v) is 7.39. The predicted octanol–water partition coefficient (Wildman–Crippen LogP) is 3.80. The van der Waals surface area contributed by atoms with Crippen molar-refractivity contribution in [2.24, 2.45) is 0 Å². The molecular formula is C19H21FeNO2S. The van der Waals surface area contributed by atoms with Crippen LogP contribution in [-0.2, 0) is 27.1 Å². The van der Waals surface area contributed by atoms with Gasteiger partial charge >= 0.3 is 17.1 Å². The van der Waals surface area contributed by atoms with E-state index < -0.39 is 10.0 Å². The van der Waals surface area contributed by atoms with Crippen molar-refractivity contribution in [1.82, 2.24) is 4.31 Å². The average molecular weight is 383 g/mol. The van der Waals surface area contributed by atoms with Crippen LogP contribution >= 0.6 is 0 Å². The van der Waals surface area contributed by atoms with Crippen LogP contribution in [0.5, 0.6) is 0 Å². The quantitative estimate of drug-likeness (QED) is 0.597. The number of sulfonamides is 1. The van der Waals surface area contributed by atoms with Crippen LogP contribution in [-0.4, -0.2) is 25.8 Å². The van der Waals surface area contributed by atoms with Gasteiger partial charge in [-0.05, 0) is 25.5 Å². The molecule has 0 atom stereocenters. The molecule has 0 amide bonds. The molecule has 2 aromatic rings. The Labute approximate surface area is 155 Å². The molecule has 24 heavy (non-hydrogen) atoms. The molecule has 0 radical (unpaired) electrons. The normalized spacial score (nSPS) is 15.4. The summed E-state index contributed by atoms with van der Waals surface area (Å²) < 4.78 is 27.1. The van der Waals surface area contributed by atoms with Gasteiger partial charge < -0.3 is 7.43 Å². The Balaban J connectivity index is 0.00000144. The molecule has 3 rings (SSSR count). The minimum Gasteiger partial charge on any atom is -0.358 e. The topological polar surface area (TPSA) is 37.4 Å². The van der Waals surface area contributed by atoms with E-state index >= 15 is 0 Å². The van der Waals surface area contributed by atoms with Gasteiger partial charge in [-0.1, -0.05) is 29.3 Å². The third kappa shape index (κ3) is 4.17. The molecule has 128 valence electrons. The molecule has 1 aliphatic rings. The standard InChI is InChI=1S/C18H18NO2S.CH3.Fe/c1-15-12-13-19(14-18(15)16-8-4-2-5-9-16)22(20,21)17-10-6-3-7-11-17;;/h3-11H,12-14H2,1H3;1H3;/q2*-1;+2. The Morgan fingerprint density at radius 3 is 2.29 bits per heavy atom. The average Bonchev–Trinajstić information content (AvgIpc) is 2.57. The van der Waals surface area contributed by atoms with Crippen molar-refractivity contribution in [3.05, 3.63) is 79.2 Å². The molecule has 0 aliphatic carbocycles. The first-order valence-electron chi connectivity index (χ1n) is 7.29. The Morgan fingerprint density at radius 2 is 1.67 bits per heavy atom. The molecule has 0 aromatic heterocycles. The van der Waals surface area contributed by atoms with Crippen molar-refractivity contribution >= 4 is 15.6 Å². The predicted molar refractivity (Wildman–Crippen MR) is 94.1 cm³/mol. The zero-order valence-corrected chi connectivity index (χ0v) is 15.8. The van der Waals surface area contributed by atoms with Gasteiger partial charge in [0, 0.05) is 13.1 Å². The zero-order chi connectivity index (χ0) is 15.6. The molecule has 0 unspecified atom stereocenters. The van der Waals surface area contributed by atoms with Crippen molar-refractivity contribution in [3.63, 3.8) is 0 Å². The maximum absolute atomic E-state index is 12.8. The molecule has 0 fully saturated rings. The minimum atomic E-state index is -3.44. The maximum atomic E-state index is 12.8. The van der Waals surface area contributed by atoms with E-state index in [0.717, 1.165) is 17.6 Å². The van der Waals surface area contributed by atoms with E-state index in [-0.39, 0.29) is 24.5 Å². The number of hydrogen-bond donors (Lipinski definition) is 0. The summed E-state index contributed by atoms with van der Waals surface area (Å²) in [7, 11) is -3.44. The first-order chi connectivity index (χ1) is 10.6. The Kier molecular flexibility index (Phi) is 7.43. The van der Waals surface area contributed by atoms with E-state index in [4.69, 9.17) is 0 Å². The van der Waals surface area contributed by atoms with Gasteiger partial charge in [0.25, 0.3) is 0 Å². The van der Waals surface area contributed by atoms with Gasteiger partial charge in [0.1, 0.15) is 0 Å². The molecule has 1 aliphatic heterocycles. The molecule has 0 saturated heterocycles. The van der Waals surface area contributed by atoms with E-state index in [1.54, 1.807) is 28.6 Å². The van der Waals surface area contributed by atoms with E-state index in [0.29, 0.717) is 18.0 Å². The number of nitrogens with zero attached hydrogens (tertiary/aromatic N) is 1. The molecule has 0 bridgehead atoms. The van der Waals surface area contributed by atoms with Crippen molar-refractivity contribution in [2.75, 3.05) is 13.1 Å². The second-order valence-electron chi connectivity index (χ2n) is 5.45. The van der Waals surface area contributed by atoms with Crippen LogP contribution in [0.15, 0.2) is 65.1 Å². The first kappa shape index (κ1) is 20.7. The van der Waals surface area contributed by atoms with Gasteiger partial charge in [-0.3, -0.25) is 0 Å². The molecule has 1 heterocycles. The van der Waals surface area contributed by atoms with Crippen LogP contribution in [0.3, 0.4) is 0 Å². The fourth-order valence-corrected chi connectivity index (χ4v) is 4.14. The summed E-state index contributed by atoms with van der Waals surface area (Å²) in [6, 6.07) is 19.3. The van der Waals surface area contributed by atoms with Gasteiger partial charge in [0.05, 0.1) is 4.90 Å². The molecular weight excluding hydrogens is 362 g/mol. The summed E-state index contributed by atoms with van der Waals surface area (Å²) in [4.78, 5) is 0.357. The summed E-state index contributed by atoms with van der Waals surface area (Å²) in [6.07, 6.45) is 0.764. The Hall–Kier alpha value is -1.39. The van der Waals surface area contributed by atoms with E-state index in [2.05, 4.69) is 13.0 Å². The maximum Gasteiger partial charge on any atom is 2.00 e. The zero-order valence-electron chi connectivity index (χ0n) is 13.8. The number of rotatable bonds is 3. The van der Waals surface area contributed by atoms with Crippen molar-refractivity contribution in [1.29, 1.82) is 0 Å². The van der Waals surface area contributed by atoms with Gasteiger partial charge in [-0.15, -0.1) is 5.56 Å². The Morgan fingerprint density at radius 1 is 1.04 bits per heavy atom. The van der Waals surface area contributed by atoms with Crippen molar-refractivity contribution in [2.45, 2.75) is 18.2 Å². The molecule has 0 spiro atoms. The van der Waals surface area contributed by atoms with Gasteiger partial charge in [-0.25, -0.2) is 8.42 Å². The van der Waals surface area contributed by atoms with Crippen molar-refractivity contribution in [3.8, 4) is 0 Å².